The summed E-state index contributed by atoms with van der Waals surface area (Å²) in [6.45, 7) is 5.97. The van der Waals surface area contributed by atoms with Crippen molar-refractivity contribution in [1.82, 2.24) is 9.97 Å². The highest BCUT2D eigenvalue weighted by molar-refractivity contribution is 5.30. The van der Waals surface area contributed by atoms with Crippen molar-refractivity contribution >= 4 is 5.82 Å². The molecule has 0 aromatic carbocycles. The van der Waals surface area contributed by atoms with E-state index in [9.17, 15) is 0 Å². The van der Waals surface area contributed by atoms with Crippen molar-refractivity contribution in [3.63, 3.8) is 0 Å². The van der Waals surface area contributed by atoms with Gasteiger partial charge in [0.05, 0.1) is 0 Å². The maximum Gasteiger partial charge on any atom is 0.162 e. The Kier molecular flexibility index (Phi) is 3.63. The third-order valence-electron chi connectivity index (χ3n) is 2.35. The fourth-order valence-electron chi connectivity index (χ4n) is 1.26. The van der Waals surface area contributed by atoms with E-state index in [-0.39, 0.29) is 0 Å². The maximum absolute atomic E-state index is 5.73. The van der Waals surface area contributed by atoms with E-state index in [1.54, 1.807) is 7.11 Å². The second-order valence-electron chi connectivity index (χ2n) is 4.07. The lowest BCUT2D eigenvalue weighted by molar-refractivity contribution is 0.0114. The van der Waals surface area contributed by atoms with Gasteiger partial charge in [-0.1, -0.05) is 13.3 Å². The van der Waals surface area contributed by atoms with Crippen LogP contribution < -0.4 is 5.73 Å². The summed E-state index contributed by atoms with van der Waals surface area (Å²) in [6, 6.07) is 1.82. The summed E-state index contributed by atoms with van der Waals surface area (Å²) in [7, 11) is 1.64. The molecule has 4 heteroatoms. The Hall–Kier alpha value is -1.16. The Balaban J connectivity index is 3.08. The number of ether oxygens (including phenoxy) is 1. The van der Waals surface area contributed by atoms with Crippen molar-refractivity contribution in [1.29, 1.82) is 0 Å². The molecule has 4 nitrogen and oxygen atoms in total. The molecule has 0 atom stereocenters. The molecular formula is C11H19N3O. The number of rotatable bonds is 4. The first-order chi connectivity index (χ1) is 6.99. The Morgan fingerprint density at radius 2 is 2.07 bits per heavy atom. The van der Waals surface area contributed by atoms with Gasteiger partial charge in [0.2, 0.25) is 0 Å². The van der Waals surface area contributed by atoms with Crippen molar-refractivity contribution in [2.45, 2.75) is 39.2 Å². The summed E-state index contributed by atoms with van der Waals surface area (Å²) in [5, 5.41) is 0. The average molecular weight is 209 g/mol. The minimum absolute atomic E-state index is 0.488. The Morgan fingerprint density at radius 1 is 1.40 bits per heavy atom. The number of hydrogen-bond donors (Lipinski definition) is 1. The fourth-order valence-corrected chi connectivity index (χ4v) is 1.26. The molecule has 0 saturated carbocycles. The lowest BCUT2D eigenvalue weighted by Gasteiger charge is -2.21. The van der Waals surface area contributed by atoms with Crippen LogP contribution in [0.5, 0.6) is 0 Å². The molecule has 0 radical (unpaired) electrons. The van der Waals surface area contributed by atoms with Gasteiger partial charge in [0.15, 0.2) is 5.82 Å². The SMILES string of the molecule is CCCc1cc(N)nc(C(C)(C)OC)n1. The molecule has 1 heterocycles. The van der Waals surface area contributed by atoms with E-state index in [2.05, 4.69) is 16.9 Å². The molecule has 0 bridgehead atoms. The Morgan fingerprint density at radius 3 is 2.60 bits per heavy atom. The summed E-state index contributed by atoms with van der Waals surface area (Å²) >= 11 is 0. The number of nitrogens with two attached hydrogens (primary N) is 1. The highest BCUT2D eigenvalue weighted by atomic mass is 16.5. The summed E-state index contributed by atoms with van der Waals surface area (Å²) in [5.41, 5.74) is 6.22. The summed E-state index contributed by atoms with van der Waals surface area (Å²) in [6.07, 6.45) is 1.96. The van der Waals surface area contributed by atoms with Gasteiger partial charge in [0, 0.05) is 18.9 Å². The number of anilines is 1. The molecule has 0 amide bonds. The van der Waals surface area contributed by atoms with Gasteiger partial charge in [-0.3, -0.25) is 0 Å². The largest absolute Gasteiger partial charge is 0.384 e. The van der Waals surface area contributed by atoms with Crippen LogP contribution in [0.3, 0.4) is 0 Å². The molecule has 84 valence electrons. The number of hydrogen-bond acceptors (Lipinski definition) is 4. The standard InChI is InChI=1S/C11H19N3O/c1-5-6-8-7-9(12)14-10(13-8)11(2,3)15-4/h7H,5-6H2,1-4H3,(H2,12,13,14). The summed E-state index contributed by atoms with van der Waals surface area (Å²) in [4.78, 5) is 8.65. The third-order valence-corrected chi connectivity index (χ3v) is 2.35. The zero-order valence-electron chi connectivity index (χ0n) is 9.87. The van der Waals surface area contributed by atoms with Crippen molar-refractivity contribution < 1.29 is 4.74 Å². The van der Waals surface area contributed by atoms with Crippen LogP contribution in [0.2, 0.25) is 0 Å². The van der Waals surface area contributed by atoms with E-state index in [1.807, 2.05) is 19.9 Å². The minimum Gasteiger partial charge on any atom is -0.384 e. The van der Waals surface area contributed by atoms with Gasteiger partial charge < -0.3 is 10.5 Å². The van der Waals surface area contributed by atoms with Gasteiger partial charge in [-0.05, 0) is 20.3 Å². The Labute approximate surface area is 90.9 Å². The zero-order chi connectivity index (χ0) is 11.5. The van der Waals surface area contributed by atoms with Crippen LogP contribution in [0.4, 0.5) is 5.82 Å². The molecule has 0 spiro atoms. The van der Waals surface area contributed by atoms with E-state index in [4.69, 9.17) is 10.5 Å². The monoisotopic (exact) mass is 209 g/mol. The first-order valence-corrected chi connectivity index (χ1v) is 5.18. The molecule has 0 aliphatic rings. The summed E-state index contributed by atoms with van der Waals surface area (Å²) in [5.74, 6) is 1.15. The lowest BCUT2D eigenvalue weighted by Crippen LogP contribution is -2.24. The molecule has 2 N–H and O–H groups in total. The summed E-state index contributed by atoms with van der Waals surface area (Å²) < 4.78 is 5.33. The molecule has 0 aliphatic carbocycles. The van der Waals surface area contributed by atoms with Crippen LogP contribution in [-0.2, 0) is 16.8 Å². The van der Waals surface area contributed by atoms with Crippen molar-refractivity contribution in [3.8, 4) is 0 Å². The van der Waals surface area contributed by atoms with Crippen LogP contribution in [0.15, 0.2) is 6.07 Å². The Bertz CT molecular complexity index is 337. The molecular weight excluding hydrogens is 190 g/mol. The fraction of sp³-hybridized carbons (Fsp3) is 0.636. The number of nitrogen functional groups attached to an aromatic ring is 1. The predicted molar refractivity (Wildman–Crippen MR) is 60.5 cm³/mol. The molecule has 0 saturated heterocycles. The molecule has 1 rings (SSSR count). The van der Waals surface area contributed by atoms with E-state index in [0.29, 0.717) is 11.6 Å². The van der Waals surface area contributed by atoms with Gasteiger partial charge >= 0.3 is 0 Å². The van der Waals surface area contributed by atoms with Crippen molar-refractivity contribution in [2.75, 3.05) is 12.8 Å². The number of nitrogens with zero attached hydrogens (tertiary/aromatic N) is 2. The van der Waals surface area contributed by atoms with Gasteiger partial charge in [0.25, 0.3) is 0 Å². The number of aryl methyl sites for hydroxylation is 1. The van der Waals surface area contributed by atoms with Crippen molar-refractivity contribution in [2.24, 2.45) is 0 Å². The van der Waals surface area contributed by atoms with Gasteiger partial charge in [0.1, 0.15) is 11.4 Å². The van der Waals surface area contributed by atoms with Gasteiger partial charge in [-0.25, -0.2) is 9.97 Å². The molecule has 0 fully saturated rings. The van der Waals surface area contributed by atoms with Crippen LogP contribution in [0.1, 0.15) is 38.7 Å². The van der Waals surface area contributed by atoms with E-state index >= 15 is 0 Å². The van der Waals surface area contributed by atoms with Crippen LogP contribution in [0, 0.1) is 0 Å². The second-order valence-corrected chi connectivity index (χ2v) is 4.07. The first-order valence-electron chi connectivity index (χ1n) is 5.18. The minimum atomic E-state index is -0.488. The number of methoxy groups -OCH3 is 1. The van der Waals surface area contributed by atoms with Crippen LogP contribution in [-0.4, -0.2) is 17.1 Å². The molecule has 0 aliphatic heterocycles. The van der Waals surface area contributed by atoms with Crippen molar-refractivity contribution in [3.05, 3.63) is 17.6 Å². The van der Waals surface area contributed by atoms with Crippen LogP contribution in [0.25, 0.3) is 0 Å². The lowest BCUT2D eigenvalue weighted by atomic mass is 10.1. The average Bonchev–Trinajstić information content (AvgIpc) is 2.17. The highest BCUT2D eigenvalue weighted by Crippen LogP contribution is 2.21. The van der Waals surface area contributed by atoms with E-state index in [1.165, 1.54) is 0 Å². The smallest absolute Gasteiger partial charge is 0.162 e. The van der Waals surface area contributed by atoms with Crippen LogP contribution >= 0.6 is 0 Å². The van der Waals surface area contributed by atoms with Gasteiger partial charge in [-0.15, -0.1) is 0 Å². The normalized spacial score (nSPS) is 11.7. The number of aromatic nitrogens is 2. The predicted octanol–water partition coefficient (Wildman–Crippen LogP) is 1.89. The van der Waals surface area contributed by atoms with E-state index in [0.717, 1.165) is 18.5 Å². The second kappa shape index (κ2) is 4.57. The first kappa shape index (κ1) is 11.9. The zero-order valence-corrected chi connectivity index (χ0v) is 9.87. The third kappa shape index (κ3) is 2.89. The molecule has 1 aromatic heterocycles. The van der Waals surface area contributed by atoms with E-state index < -0.39 is 5.60 Å². The maximum atomic E-state index is 5.73. The highest BCUT2D eigenvalue weighted by Gasteiger charge is 2.23. The van der Waals surface area contributed by atoms with Gasteiger partial charge in [-0.2, -0.15) is 0 Å². The quantitative estimate of drug-likeness (QED) is 0.822. The molecule has 0 unspecified atom stereocenters. The molecule has 15 heavy (non-hydrogen) atoms. The molecule has 1 aromatic rings. The topological polar surface area (TPSA) is 61.0 Å².